The maximum atomic E-state index is 10.7. The lowest BCUT2D eigenvalue weighted by Crippen LogP contribution is -1.82. The molecule has 0 aliphatic carbocycles. The van der Waals surface area contributed by atoms with Gasteiger partial charge in [-0.25, -0.2) is 0 Å². The first-order chi connectivity index (χ1) is 9.17. The smallest absolute Gasteiger partial charge is 0.151 e. The monoisotopic (exact) mass is 270 g/mol. The first-order valence-corrected chi connectivity index (χ1v) is 6.30. The molecule has 94 valence electrons. The van der Waals surface area contributed by atoms with Crippen molar-refractivity contribution in [1.82, 2.24) is 0 Å². The van der Waals surface area contributed by atoms with Crippen LogP contribution in [0.15, 0.2) is 46.9 Å². The number of benzene rings is 2. The number of rotatable bonds is 2. The van der Waals surface area contributed by atoms with Gasteiger partial charge in [0.2, 0.25) is 0 Å². The Labute approximate surface area is 115 Å². The molecule has 0 saturated heterocycles. The Morgan fingerprint density at radius 3 is 2.68 bits per heavy atom. The van der Waals surface area contributed by atoms with Gasteiger partial charge in [0.1, 0.15) is 11.3 Å². The van der Waals surface area contributed by atoms with Gasteiger partial charge < -0.3 is 4.42 Å². The van der Waals surface area contributed by atoms with Crippen LogP contribution in [0.3, 0.4) is 0 Å². The van der Waals surface area contributed by atoms with Crippen molar-refractivity contribution in [2.75, 3.05) is 0 Å². The van der Waals surface area contributed by atoms with E-state index in [-0.39, 0.29) is 0 Å². The lowest BCUT2D eigenvalue weighted by atomic mass is 10.1. The van der Waals surface area contributed by atoms with Crippen LogP contribution in [0.4, 0.5) is 0 Å². The van der Waals surface area contributed by atoms with E-state index in [1.165, 1.54) is 5.56 Å². The third kappa shape index (κ3) is 2.15. The quantitative estimate of drug-likeness (QED) is 0.622. The fourth-order valence-electron chi connectivity index (χ4n) is 2.08. The summed E-state index contributed by atoms with van der Waals surface area (Å²) in [6.07, 6.45) is 0.744. The number of hydrogen-bond acceptors (Lipinski definition) is 2. The van der Waals surface area contributed by atoms with Crippen molar-refractivity contribution in [3.05, 3.63) is 58.6 Å². The lowest BCUT2D eigenvalue weighted by Gasteiger charge is -1.99. The molecule has 0 radical (unpaired) electrons. The van der Waals surface area contributed by atoms with E-state index >= 15 is 0 Å². The summed E-state index contributed by atoms with van der Waals surface area (Å²) < 4.78 is 5.79. The minimum Gasteiger partial charge on any atom is -0.456 e. The summed E-state index contributed by atoms with van der Waals surface area (Å²) >= 11 is 6.03. The van der Waals surface area contributed by atoms with E-state index in [1.54, 1.807) is 12.1 Å². The lowest BCUT2D eigenvalue weighted by molar-refractivity contribution is 0.112. The third-order valence-electron chi connectivity index (χ3n) is 3.08. The number of hydrogen-bond donors (Lipinski definition) is 0. The predicted octanol–water partition coefficient (Wildman–Crippen LogP) is 4.87. The molecule has 3 aromatic rings. The number of carbonyl (C=O) groups is 1. The van der Waals surface area contributed by atoms with Crippen LogP contribution in [-0.4, -0.2) is 6.29 Å². The molecule has 0 bridgehead atoms. The molecule has 1 aromatic heterocycles. The second-order valence-corrected chi connectivity index (χ2v) is 4.91. The molecule has 0 N–H and O–H groups in total. The molecule has 0 aliphatic rings. The Kier molecular flexibility index (Phi) is 2.88. The number of furan rings is 1. The Balaban J connectivity index is 2.13. The Morgan fingerprint density at radius 2 is 1.95 bits per heavy atom. The van der Waals surface area contributed by atoms with Crippen molar-refractivity contribution in [3.8, 4) is 11.3 Å². The number of aldehydes is 1. The highest BCUT2D eigenvalue weighted by Gasteiger charge is 2.08. The average molecular weight is 271 g/mol. The van der Waals surface area contributed by atoms with Gasteiger partial charge in [0.15, 0.2) is 6.29 Å². The predicted molar refractivity (Wildman–Crippen MR) is 76.8 cm³/mol. The van der Waals surface area contributed by atoms with Gasteiger partial charge in [-0.2, -0.15) is 0 Å². The molecule has 3 heteroatoms. The van der Waals surface area contributed by atoms with Crippen molar-refractivity contribution in [2.24, 2.45) is 0 Å². The number of halogens is 1. The van der Waals surface area contributed by atoms with Gasteiger partial charge in [-0.15, -0.1) is 0 Å². The zero-order chi connectivity index (χ0) is 13.4. The van der Waals surface area contributed by atoms with Crippen LogP contribution in [0.5, 0.6) is 0 Å². The van der Waals surface area contributed by atoms with Gasteiger partial charge in [-0.05, 0) is 37.3 Å². The number of carbonyl (C=O) groups excluding carboxylic acids is 1. The summed E-state index contributed by atoms with van der Waals surface area (Å²) in [4.78, 5) is 10.7. The van der Waals surface area contributed by atoms with Crippen molar-refractivity contribution >= 4 is 28.9 Å². The van der Waals surface area contributed by atoms with Crippen molar-refractivity contribution in [1.29, 1.82) is 0 Å². The van der Waals surface area contributed by atoms with E-state index in [0.717, 1.165) is 28.6 Å². The molecule has 0 aliphatic heterocycles. The van der Waals surface area contributed by atoms with Crippen molar-refractivity contribution in [2.45, 2.75) is 6.92 Å². The SMILES string of the molecule is Cc1ccc2oc(-c3ccc(C=O)c(Cl)c3)cc2c1. The van der Waals surface area contributed by atoms with E-state index in [9.17, 15) is 4.79 Å². The Hall–Kier alpha value is -2.06. The van der Waals surface area contributed by atoms with Gasteiger partial charge in [0.25, 0.3) is 0 Å². The topological polar surface area (TPSA) is 30.2 Å². The Bertz CT molecular complexity index is 772. The highest BCUT2D eigenvalue weighted by atomic mass is 35.5. The first-order valence-electron chi connectivity index (χ1n) is 5.93. The van der Waals surface area contributed by atoms with Crippen LogP contribution in [0.1, 0.15) is 15.9 Å². The van der Waals surface area contributed by atoms with Gasteiger partial charge in [0, 0.05) is 16.5 Å². The zero-order valence-electron chi connectivity index (χ0n) is 10.3. The largest absolute Gasteiger partial charge is 0.456 e. The fraction of sp³-hybridized carbons (Fsp3) is 0.0625. The van der Waals surface area contributed by atoms with E-state index in [4.69, 9.17) is 16.0 Å². The maximum absolute atomic E-state index is 10.7. The van der Waals surface area contributed by atoms with E-state index in [1.807, 2.05) is 31.2 Å². The molecule has 2 aromatic carbocycles. The molecular formula is C16H11ClO2. The summed E-state index contributed by atoms with van der Waals surface area (Å²) in [5, 5.41) is 1.50. The molecule has 0 amide bonds. The van der Waals surface area contributed by atoms with Gasteiger partial charge in [-0.3, -0.25) is 4.79 Å². The van der Waals surface area contributed by atoms with Crippen molar-refractivity contribution < 1.29 is 9.21 Å². The second kappa shape index (κ2) is 4.56. The van der Waals surface area contributed by atoms with Gasteiger partial charge in [-0.1, -0.05) is 29.3 Å². The standard InChI is InChI=1S/C16H11ClO2/c1-10-2-5-15-13(6-10)8-16(19-15)11-3-4-12(9-18)14(17)7-11/h2-9H,1H3. The molecule has 19 heavy (non-hydrogen) atoms. The molecule has 1 heterocycles. The van der Waals surface area contributed by atoms with Crippen LogP contribution in [0.2, 0.25) is 5.02 Å². The summed E-state index contributed by atoms with van der Waals surface area (Å²) in [6, 6.07) is 13.3. The number of fused-ring (bicyclic) bond motifs is 1. The summed E-state index contributed by atoms with van der Waals surface area (Å²) in [6.45, 7) is 2.04. The highest BCUT2D eigenvalue weighted by molar-refractivity contribution is 6.33. The maximum Gasteiger partial charge on any atom is 0.151 e. The molecule has 0 spiro atoms. The highest BCUT2D eigenvalue weighted by Crippen LogP contribution is 2.30. The fourth-order valence-corrected chi connectivity index (χ4v) is 2.31. The molecule has 0 unspecified atom stereocenters. The van der Waals surface area contributed by atoms with E-state index in [0.29, 0.717) is 10.6 Å². The average Bonchev–Trinajstić information content (AvgIpc) is 2.81. The minimum absolute atomic E-state index is 0.434. The third-order valence-corrected chi connectivity index (χ3v) is 3.41. The normalized spacial score (nSPS) is 10.8. The van der Waals surface area contributed by atoms with E-state index in [2.05, 4.69) is 6.07 Å². The summed E-state index contributed by atoms with van der Waals surface area (Å²) in [5.41, 5.74) is 3.38. The zero-order valence-corrected chi connectivity index (χ0v) is 11.1. The van der Waals surface area contributed by atoms with E-state index < -0.39 is 0 Å². The first kappa shape index (κ1) is 12.0. The van der Waals surface area contributed by atoms with Gasteiger partial charge >= 0.3 is 0 Å². The van der Waals surface area contributed by atoms with Crippen LogP contribution in [0, 0.1) is 6.92 Å². The van der Waals surface area contributed by atoms with Crippen LogP contribution in [0.25, 0.3) is 22.3 Å². The molecule has 0 saturated carbocycles. The molecule has 0 fully saturated rings. The molecule has 0 atom stereocenters. The van der Waals surface area contributed by atoms with Gasteiger partial charge in [0.05, 0.1) is 5.02 Å². The summed E-state index contributed by atoms with van der Waals surface area (Å²) in [7, 11) is 0. The molecular weight excluding hydrogens is 260 g/mol. The van der Waals surface area contributed by atoms with Crippen LogP contribution < -0.4 is 0 Å². The van der Waals surface area contributed by atoms with Crippen LogP contribution >= 0.6 is 11.6 Å². The number of aryl methyl sites for hydroxylation is 1. The van der Waals surface area contributed by atoms with Crippen molar-refractivity contribution in [3.63, 3.8) is 0 Å². The van der Waals surface area contributed by atoms with Crippen LogP contribution in [-0.2, 0) is 0 Å². The molecule has 3 rings (SSSR count). The second-order valence-electron chi connectivity index (χ2n) is 4.51. The Morgan fingerprint density at radius 1 is 1.11 bits per heavy atom. The minimum atomic E-state index is 0.434. The molecule has 2 nitrogen and oxygen atoms in total. The summed E-state index contributed by atoms with van der Waals surface area (Å²) in [5.74, 6) is 0.750.